The average Bonchev–Trinajstić information content (AvgIpc) is 2.40. The minimum absolute atomic E-state index is 0.177. The lowest BCUT2D eigenvalue weighted by molar-refractivity contribution is -0.124. The van der Waals surface area contributed by atoms with Crippen LogP contribution < -0.4 is 11.1 Å². The summed E-state index contributed by atoms with van der Waals surface area (Å²) in [5.74, 6) is -0.177. The Balaban J connectivity index is 2.08. The molecule has 3 N–H and O–H groups in total. The van der Waals surface area contributed by atoms with E-state index in [0.717, 1.165) is 4.90 Å². The first-order chi connectivity index (χ1) is 9.05. The second-order valence-electron chi connectivity index (χ2n) is 4.57. The number of nitrogens with two attached hydrogens (primary N) is 1. The largest absolute Gasteiger partial charge is 0.381 e. The van der Waals surface area contributed by atoms with E-state index in [1.165, 1.54) is 0 Å². The second kappa shape index (κ2) is 6.13. The molecule has 1 aliphatic rings. The molecule has 0 spiro atoms. The second-order valence-corrected chi connectivity index (χ2v) is 5.83. The number of carbonyl (C=O) groups excluding carboxylic acids is 1. The van der Waals surface area contributed by atoms with Crippen molar-refractivity contribution in [3.8, 4) is 0 Å². The third-order valence-corrected chi connectivity index (χ3v) is 4.47. The van der Waals surface area contributed by atoms with Crippen molar-refractivity contribution in [3.05, 3.63) is 23.2 Å². The molecule has 1 heterocycles. The van der Waals surface area contributed by atoms with Crippen LogP contribution in [0.2, 0.25) is 5.02 Å². The van der Waals surface area contributed by atoms with Gasteiger partial charge in [0.2, 0.25) is 5.91 Å². The molecule has 104 valence electrons. The summed E-state index contributed by atoms with van der Waals surface area (Å²) in [5.41, 5.74) is 5.94. The fourth-order valence-electron chi connectivity index (χ4n) is 1.96. The molecule has 2 rings (SSSR count). The minimum atomic E-state index is -0.844. The molecule has 0 aromatic heterocycles. The first kappa shape index (κ1) is 14.7. The average molecular weight is 301 g/mol. The van der Waals surface area contributed by atoms with Crippen molar-refractivity contribution in [2.24, 2.45) is 5.73 Å². The van der Waals surface area contributed by atoms with Crippen molar-refractivity contribution < 1.29 is 9.53 Å². The van der Waals surface area contributed by atoms with Crippen LogP contribution in [0.25, 0.3) is 0 Å². The summed E-state index contributed by atoms with van der Waals surface area (Å²) in [6.45, 7) is 1.05. The molecule has 1 fully saturated rings. The lowest BCUT2D eigenvalue weighted by Gasteiger charge is -2.31. The molecule has 1 amide bonds. The van der Waals surface area contributed by atoms with Gasteiger partial charge in [0.1, 0.15) is 5.54 Å². The van der Waals surface area contributed by atoms with Gasteiger partial charge in [0.15, 0.2) is 0 Å². The number of nitrogens with one attached hydrogen (secondary N) is 1. The molecule has 0 radical (unpaired) electrons. The van der Waals surface area contributed by atoms with Crippen molar-refractivity contribution in [3.63, 3.8) is 0 Å². The molecule has 1 saturated heterocycles. The predicted molar refractivity (Wildman–Crippen MR) is 78.8 cm³/mol. The summed E-state index contributed by atoms with van der Waals surface area (Å²) in [7, 11) is 0. The lowest BCUT2D eigenvalue weighted by Crippen LogP contribution is -2.54. The Morgan fingerprint density at radius 1 is 1.47 bits per heavy atom. The van der Waals surface area contributed by atoms with Gasteiger partial charge in [-0.3, -0.25) is 4.79 Å². The molecule has 0 unspecified atom stereocenters. The third-order valence-electron chi connectivity index (χ3n) is 3.25. The number of benzene rings is 1. The number of amides is 1. The zero-order valence-corrected chi connectivity index (χ0v) is 12.3. The van der Waals surface area contributed by atoms with Gasteiger partial charge in [-0.05, 0) is 37.3 Å². The molecule has 0 aliphatic carbocycles. The van der Waals surface area contributed by atoms with Crippen LogP contribution >= 0.6 is 23.4 Å². The van der Waals surface area contributed by atoms with Crippen molar-refractivity contribution in [1.82, 2.24) is 0 Å². The van der Waals surface area contributed by atoms with Crippen LogP contribution in [0.15, 0.2) is 23.1 Å². The highest BCUT2D eigenvalue weighted by Gasteiger charge is 2.35. The Morgan fingerprint density at radius 2 is 2.16 bits per heavy atom. The van der Waals surface area contributed by atoms with E-state index in [4.69, 9.17) is 22.1 Å². The van der Waals surface area contributed by atoms with Crippen LogP contribution in [0.1, 0.15) is 12.8 Å². The number of rotatable bonds is 3. The van der Waals surface area contributed by atoms with Gasteiger partial charge in [-0.25, -0.2) is 0 Å². The van der Waals surface area contributed by atoms with Crippen LogP contribution in [-0.4, -0.2) is 30.9 Å². The van der Waals surface area contributed by atoms with E-state index in [1.807, 2.05) is 18.4 Å². The van der Waals surface area contributed by atoms with Crippen molar-refractivity contribution in [1.29, 1.82) is 0 Å². The van der Waals surface area contributed by atoms with Gasteiger partial charge in [-0.15, -0.1) is 11.8 Å². The first-order valence-corrected chi connectivity index (χ1v) is 7.67. The Labute approximate surface area is 122 Å². The summed E-state index contributed by atoms with van der Waals surface area (Å²) >= 11 is 7.67. The summed E-state index contributed by atoms with van der Waals surface area (Å²) in [4.78, 5) is 13.2. The molecular formula is C13H17ClN2O2S. The van der Waals surface area contributed by atoms with Crippen LogP contribution in [0.5, 0.6) is 0 Å². The number of hydrogen-bond donors (Lipinski definition) is 2. The van der Waals surface area contributed by atoms with Gasteiger partial charge in [-0.1, -0.05) is 11.6 Å². The van der Waals surface area contributed by atoms with E-state index in [1.54, 1.807) is 17.8 Å². The summed E-state index contributed by atoms with van der Waals surface area (Å²) in [6, 6.07) is 5.46. The van der Waals surface area contributed by atoms with E-state index in [0.29, 0.717) is 36.8 Å². The lowest BCUT2D eigenvalue weighted by atomic mass is 9.90. The number of carbonyl (C=O) groups is 1. The SMILES string of the molecule is CSc1ccc(NC(=O)C2(N)CCOCC2)cc1Cl. The van der Waals surface area contributed by atoms with E-state index < -0.39 is 5.54 Å². The van der Waals surface area contributed by atoms with Crippen LogP contribution in [0, 0.1) is 0 Å². The Kier molecular flexibility index (Phi) is 4.73. The van der Waals surface area contributed by atoms with E-state index in [9.17, 15) is 4.79 Å². The van der Waals surface area contributed by atoms with Gasteiger partial charge >= 0.3 is 0 Å². The van der Waals surface area contributed by atoms with Crippen molar-refractivity contribution in [2.45, 2.75) is 23.3 Å². The number of hydrogen-bond acceptors (Lipinski definition) is 4. The molecule has 1 aliphatic heterocycles. The van der Waals surface area contributed by atoms with Gasteiger partial charge in [0, 0.05) is 23.8 Å². The molecular weight excluding hydrogens is 284 g/mol. The zero-order chi connectivity index (χ0) is 13.9. The molecule has 6 heteroatoms. The van der Waals surface area contributed by atoms with Gasteiger partial charge in [0.05, 0.1) is 5.02 Å². The normalized spacial score (nSPS) is 18.1. The molecule has 0 bridgehead atoms. The van der Waals surface area contributed by atoms with Crippen LogP contribution in [0.4, 0.5) is 5.69 Å². The smallest absolute Gasteiger partial charge is 0.244 e. The van der Waals surface area contributed by atoms with Crippen molar-refractivity contribution in [2.75, 3.05) is 24.8 Å². The maximum atomic E-state index is 12.2. The quantitative estimate of drug-likeness (QED) is 0.842. The Hall–Kier alpha value is -0.750. The molecule has 0 saturated carbocycles. The molecule has 4 nitrogen and oxygen atoms in total. The maximum absolute atomic E-state index is 12.2. The fourth-order valence-corrected chi connectivity index (χ4v) is 2.83. The highest BCUT2D eigenvalue weighted by atomic mass is 35.5. The molecule has 1 aromatic rings. The highest BCUT2D eigenvalue weighted by molar-refractivity contribution is 7.98. The highest BCUT2D eigenvalue weighted by Crippen LogP contribution is 2.28. The molecule has 19 heavy (non-hydrogen) atoms. The van der Waals surface area contributed by atoms with E-state index in [2.05, 4.69) is 5.32 Å². The summed E-state index contributed by atoms with van der Waals surface area (Å²) in [5, 5.41) is 3.46. The van der Waals surface area contributed by atoms with E-state index >= 15 is 0 Å². The van der Waals surface area contributed by atoms with Crippen LogP contribution in [0.3, 0.4) is 0 Å². The fraction of sp³-hybridized carbons (Fsp3) is 0.462. The predicted octanol–water partition coefficient (Wildman–Crippen LogP) is 2.51. The number of ether oxygens (including phenoxy) is 1. The summed E-state index contributed by atoms with van der Waals surface area (Å²) < 4.78 is 5.23. The molecule has 0 atom stereocenters. The standard InChI is InChI=1S/C13H17ClN2O2S/c1-19-11-3-2-9(8-10(11)14)16-12(17)13(15)4-6-18-7-5-13/h2-3,8H,4-7,15H2,1H3,(H,16,17). The topological polar surface area (TPSA) is 64.4 Å². The third kappa shape index (κ3) is 3.42. The zero-order valence-electron chi connectivity index (χ0n) is 10.7. The minimum Gasteiger partial charge on any atom is -0.381 e. The molecule has 1 aromatic carbocycles. The maximum Gasteiger partial charge on any atom is 0.244 e. The van der Waals surface area contributed by atoms with Gasteiger partial charge < -0.3 is 15.8 Å². The van der Waals surface area contributed by atoms with E-state index in [-0.39, 0.29) is 5.91 Å². The Bertz CT molecular complexity index is 476. The number of anilines is 1. The Morgan fingerprint density at radius 3 is 2.74 bits per heavy atom. The van der Waals surface area contributed by atoms with Crippen LogP contribution in [-0.2, 0) is 9.53 Å². The number of halogens is 1. The van der Waals surface area contributed by atoms with Gasteiger partial charge in [0.25, 0.3) is 0 Å². The van der Waals surface area contributed by atoms with Gasteiger partial charge in [-0.2, -0.15) is 0 Å². The summed E-state index contributed by atoms with van der Waals surface area (Å²) in [6.07, 6.45) is 3.03. The monoisotopic (exact) mass is 300 g/mol. The number of thioether (sulfide) groups is 1. The first-order valence-electron chi connectivity index (χ1n) is 6.07. The van der Waals surface area contributed by atoms with Crippen molar-refractivity contribution >= 4 is 35.0 Å².